The molecule has 0 aliphatic heterocycles. The second-order valence-electron chi connectivity index (χ2n) is 5.33. The number of carboxylic acids is 1. The van der Waals surface area contributed by atoms with E-state index in [0.717, 1.165) is 0 Å². The lowest BCUT2D eigenvalue weighted by molar-refractivity contribution is -0.130. The van der Waals surface area contributed by atoms with E-state index in [1.54, 1.807) is 48.5 Å². The second kappa shape index (κ2) is 7.20. The molecule has 0 heterocycles. The Balaban J connectivity index is 2.53. The van der Waals surface area contributed by atoms with E-state index in [1.165, 1.54) is 0 Å². The number of carbonyl (C=O) groups is 1. The van der Waals surface area contributed by atoms with Crippen molar-refractivity contribution < 1.29 is 14.6 Å². The van der Waals surface area contributed by atoms with Crippen molar-refractivity contribution in [2.75, 3.05) is 5.73 Å². The van der Waals surface area contributed by atoms with Gasteiger partial charge in [-0.3, -0.25) is 0 Å². The van der Waals surface area contributed by atoms with Crippen LogP contribution < -0.4 is 10.5 Å². The molecule has 4 nitrogen and oxygen atoms in total. The smallest absolute Gasteiger partial charge is 0.336 e. The zero-order valence-corrected chi connectivity index (χ0v) is 13.7. The van der Waals surface area contributed by atoms with Crippen LogP contribution >= 0.6 is 11.6 Å². The van der Waals surface area contributed by atoms with Gasteiger partial charge >= 0.3 is 5.97 Å². The lowest BCUT2D eigenvalue weighted by Gasteiger charge is -2.13. The van der Waals surface area contributed by atoms with Crippen LogP contribution in [0, 0.1) is 0 Å². The number of carboxylic acid groups (broad SMARTS) is 1. The van der Waals surface area contributed by atoms with E-state index in [9.17, 15) is 9.90 Å². The number of aliphatic carboxylic acids is 1. The monoisotopic (exact) mass is 331 g/mol. The van der Waals surface area contributed by atoms with Gasteiger partial charge in [-0.15, -0.1) is 0 Å². The maximum atomic E-state index is 11.6. The van der Waals surface area contributed by atoms with Crippen LogP contribution in [0.5, 0.6) is 5.75 Å². The maximum absolute atomic E-state index is 11.6. The highest BCUT2D eigenvalue weighted by Gasteiger charge is 2.13. The molecule has 23 heavy (non-hydrogen) atoms. The molecule has 0 bridgehead atoms. The van der Waals surface area contributed by atoms with E-state index < -0.39 is 5.97 Å². The third kappa shape index (κ3) is 4.50. The van der Waals surface area contributed by atoms with Gasteiger partial charge in [0.2, 0.25) is 0 Å². The minimum atomic E-state index is -1.04. The standard InChI is InChI=1S/C18H18ClNO3/c1-11(2)23-17-8-5-14(19)9-13(17)10-16(18(21)22)12-3-6-15(20)7-4-12/h3-11H,20H2,1-2H3,(H,21,22)/b16-10-. The van der Waals surface area contributed by atoms with E-state index in [-0.39, 0.29) is 11.7 Å². The van der Waals surface area contributed by atoms with Crippen molar-refractivity contribution >= 4 is 34.9 Å². The van der Waals surface area contributed by atoms with Crippen molar-refractivity contribution in [1.29, 1.82) is 0 Å². The number of ether oxygens (including phenoxy) is 1. The van der Waals surface area contributed by atoms with Crippen molar-refractivity contribution in [3.05, 3.63) is 58.6 Å². The molecular formula is C18H18ClNO3. The number of nitrogen functional groups attached to an aromatic ring is 1. The molecule has 0 radical (unpaired) electrons. The molecule has 2 aromatic carbocycles. The van der Waals surface area contributed by atoms with Gasteiger partial charge in [-0.2, -0.15) is 0 Å². The summed E-state index contributed by atoms with van der Waals surface area (Å²) in [5, 5.41) is 10.0. The first-order chi connectivity index (χ1) is 10.9. The van der Waals surface area contributed by atoms with E-state index >= 15 is 0 Å². The highest BCUT2D eigenvalue weighted by atomic mass is 35.5. The fourth-order valence-electron chi connectivity index (χ4n) is 2.08. The van der Waals surface area contributed by atoms with Crippen molar-refractivity contribution in [2.45, 2.75) is 20.0 Å². The number of rotatable bonds is 5. The Hall–Kier alpha value is -2.46. The van der Waals surface area contributed by atoms with Crippen LogP contribution in [-0.2, 0) is 4.79 Å². The first-order valence-electron chi connectivity index (χ1n) is 7.14. The molecular weight excluding hydrogens is 314 g/mol. The van der Waals surface area contributed by atoms with Crippen LogP contribution in [0.15, 0.2) is 42.5 Å². The zero-order chi connectivity index (χ0) is 17.0. The van der Waals surface area contributed by atoms with Crippen LogP contribution in [0.4, 0.5) is 5.69 Å². The van der Waals surface area contributed by atoms with Crippen LogP contribution in [0.2, 0.25) is 5.02 Å². The zero-order valence-electron chi connectivity index (χ0n) is 12.9. The summed E-state index contributed by atoms with van der Waals surface area (Å²) in [7, 11) is 0. The third-order valence-corrected chi connectivity index (χ3v) is 3.32. The summed E-state index contributed by atoms with van der Waals surface area (Å²) in [6, 6.07) is 11.8. The summed E-state index contributed by atoms with van der Waals surface area (Å²) < 4.78 is 5.72. The Morgan fingerprint density at radius 1 is 1.22 bits per heavy atom. The Morgan fingerprint density at radius 2 is 1.87 bits per heavy atom. The van der Waals surface area contributed by atoms with Crippen LogP contribution in [0.3, 0.4) is 0 Å². The number of benzene rings is 2. The first-order valence-corrected chi connectivity index (χ1v) is 7.51. The topological polar surface area (TPSA) is 72.5 Å². The second-order valence-corrected chi connectivity index (χ2v) is 5.77. The molecule has 0 aliphatic carbocycles. The molecule has 0 fully saturated rings. The number of hydrogen-bond acceptors (Lipinski definition) is 3. The Kier molecular flexibility index (Phi) is 5.29. The molecule has 0 amide bonds. The van der Waals surface area contributed by atoms with Gasteiger partial charge in [0.15, 0.2) is 0 Å². The third-order valence-electron chi connectivity index (χ3n) is 3.09. The summed E-state index contributed by atoms with van der Waals surface area (Å²) in [6.45, 7) is 3.81. The summed E-state index contributed by atoms with van der Waals surface area (Å²) in [6.07, 6.45) is 1.52. The highest BCUT2D eigenvalue weighted by molar-refractivity contribution is 6.31. The molecule has 0 aromatic heterocycles. The van der Waals surface area contributed by atoms with Crippen LogP contribution in [0.1, 0.15) is 25.0 Å². The first kappa shape index (κ1) is 16.9. The minimum Gasteiger partial charge on any atom is -0.490 e. The molecule has 0 saturated heterocycles. The maximum Gasteiger partial charge on any atom is 0.336 e. The number of hydrogen-bond donors (Lipinski definition) is 2. The van der Waals surface area contributed by atoms with E-state index in [2.05, 4.69) is 0 Å². The molecule has 120 valence electrons. The Morgan fingerprint density at radius 3 is 2.43 bits per heavy atom. The molecule has 0 atom stereocenters. The molecule has 0 aliphatic rings. The minimum absolute atomic E-state index is 0.0341. The summed E-state index contributed by atoms with van der Waals surface area (Å²) in [4.78, 5) is 11.6. The average molecular weight is 332 g/mol. The molecule has 0 unspecified atom stereocenters. The summed E-state index contributed by atoms with van der Waals surface area (Å²) in [5.74, 6) is -0.455. The van der Waals surface area contributed by atoms with E-state index in [1.807, 2.05) is 13.8 Å². The lowest BCUT2D eigenvalue weighted by Crippen LogP contribution is -2.07. The average Bonchev–Trinajstić information content (AvgIpc) is 2.47. The lowest BCUT2D eigenvalue weighted by atomic mass is 10.0. The largest absolute Gasteiger partial charge is 0.490 e. The fraction of sp³-hybridized carbons (Fsp3) is 0.167. The molecule has 5 heteroatoms. The predicted molar refractivity (Wildman–Crippen MR) is 93.6 cm³/mol. The van der Waals surface area contributed by atoms with Gasteiger partial charge in [0.05, 0.1) is 11.7 Å². The van der Waals surface area contributed by atoms with Crippen LogP contribution in [0.25, 0.3) is 11.6 Å². The van der Waals surface area contributed by atoms with Gasteiger partial charge in [-0.1, -0.05) is 23.7 Å². The molecule has 0 spiro atoms. The quantitative estimate of drug-likeness (QED) is 0.486. The molecule has 2 aromatic rings. The van der Waals surface area contributed by atoms with Gasteiger partial charge in [-0.25, -0.2) is 4.79 Å². The van der Waals surface area contributed by atoms with Gasteiger partial charge in [0.1, 0.15) is 5.75 Å². The van der Waals surface area contributed by atoms with Crippen LogP contribution in [-0.4, -0.2) is 17.2 Å². The van der Waals surface area contributed by atoms with Crippen molar-refractivity contribution in [2.24, 2.45) is 0 Å². The number of anilines is 1. The SMILES string of the molecule is CC(C)Oc1ccc(Cl)cc1/C=C(\C(=O)O)c1ccc(N)cc1. The predicted octanol–water partition coefficient (Wildman–Crippen LogP) is 4.33. The Labute approximate surface area is 140 Å². The number of nitrogens with two attached hydrogens (primary N) is 1. The van der Waals surface area contributed by atoms with E-state index in [4.69, 9.17) is 22.1 Å². The van der Waals surface area contributed by atoms with Gasteiger partial charge in [0, 0.05) is 16.3 Å². The highest BCUT2D eigenvalue weighted by Crippen LogP contribution is 2.29. The van der Waals surface area contributed by atoms with Crippen molar-refractivity contribution in [1.82, 2.24) is 0 Å². The number of halogens is 1. The van der Waals surface area contributed by atoms with Crippen molar-refractivity contribution in [3.8, 4) is 5.75 Å². The molecule has 2 rings (SSSR count). The van der Waals surface area contributed by atoms with Gasteiger partial charge < -0.3 is 15.6 Å². The normalized spacial score (nSPS) is 11.6. The summed E-state index contributed by atoms with van der Waals surface area (Å²) >= 11 is 6.03. The fourth-order valence-corrected chi connectivity index (χ4v) is 2.26. The molecule has 3 N–H and O–H groups in total. The molecule has 0 saturated carbocycles. The van der Waals surface area contributed by atoms with Crippen molar-refractivity contribution in [3.63, 3.8) is 0 Å². The van der Waals surface area contributed by atoms with E-state index in [0.29, 0.717) is 27.6 Å². The Bertz CT molecular complexity index is 736. The van der Waals surface area contributed by atoms with Gasteiger partial charge in [0.25, 0.3) is 0 Å². The summed E-state index contributed by atoms with van der Waals surface area (Å²) in [5.41, 5.74) is 7.53. The van der Waals surface area contributed by atoms with Gasteiger partial charge in [-0.05, 0) is 55.8 Å².